The van der Waals surface area contributed by atoms with Gasteiger partial charge in [-0.15, -0.1) is 0 Å². The molecule has 0 aromatic rings. The molecule has 0 aliphatic rings. The molecule has 4 heteroatoms. The largest absolute Gasteiger partial charge is 0.267 e. The Bertz CT molecular complexity index is 236. The summed E-state index contributed by atoms with van der Waals surface area (Å²) in [6, 6.07) is 0. The van der Waals surface area contributed by atoms with Crippen LogP contribution in [-0.2, 0) is 14.3 Å². The van der Waals surface area contributed by atoms with Crippen molar-refractivity contribution >= 4 is 10.1 Å². The normalized spacial score (nSPS) is 15.8. The molecule has 0 saturated heterocycles. The average molecular weight is 208 g/mol. The minimum absolute atomic E-state index is 0.0413. The lowest BCUT2D eigenvalue weighted by Gasteiger charge is -2.28. The second kappa shape index (κ2) is 4.42. The van der Waals surface area contributed by atoms with Gasteiger partial charge in [0.15, 0.2) is 0 Å². The van der Waals surface area contributed by atoms with Crippen LogP contribution in [0.15, 0.2) is 0 Å². The summed E-state index contributed by atoms with van der Waals surface area (Å²) in [7, 11) is -3.31. The Kier molecular flexibility index (Phi) is 4.39. The second-order valence-corrected chi connectivity index (χ2v) is 6.09. The first kappa shape index (κ1) is 12.9. The predicted octanol–water partition coefficient (Wildman–Crippen LogP) is 2.18. The van der Waals surface area contributed by atoms with E-state index in [9.17, 15) is 8.42 Å². The van der Waals surface area contributed by atoms with Crippen molar-refractivity contribution in [3.63, 3.8) is 0 Å². The minimum Gasteiger partial charge on any atom is -0.266 e. The Morgan fingerprint density at radius 2 is 1.69 bits per heavy atom. The molecular weight excluding hydrogens is 188 g/mol. The summed E-state index contributed by atoms with van der Waals surface area (Å²) >= 11 is 0. The van der Waals surface area contributed by atoms with Gasteiger partial charge in [-0.05, 0) is 18.8 Å². The molecule has 3 nitrogen and oxygen atoms in total. The Hall–Kier alpha value is -0.0900. The molecule has 0 fully saturated rings. The molecule has 13 heavy (non-hydrogen) atoms. The van der Waals surface area contributed by atoms with E-state index in [2.05, 4.69) is 0 Å². The minimum atomic E-state index is -3.31. The van der Waals surface area contributed by atoms with E-state index in [0.29, 0.717) is 6.42 Å². The van der Waals surface area contributed by atoms with E-state index in [1.54, 1.807) is 6.92 Å². The molecule has 0 aliphatic heterocycles. The van der Waals surface area contributed by atoms with Gasteiger partial charge in [0.05, 0.1) is 11.9 Å². The van der Waals surface area contributed by atoms with Crippen molar-refractivity contribution in [2.75, 3.05) is 5.75 Å². The highest BCUT2D eigenvalue weighted by Gasteiger charge is 2.27. The molecular formula is C9H20O3S. The molecule has 0 aromatic heterocycles. The molecule has 0 aliphatic carbocycles. The van der Waals surface area contributed by atoms with Gasteiger partial charge in [0, 0.05) is 0 Å². The first-order valence-electron chi connectivity index (χ1n) is 4.64. The molecule has 0 spiro atoms. The van der Waals surface area contributed by atoms with Crippen molar-refractivity contribution in [2.45, 2.75) is 47.1 Å². The van der Waals surface area contributed by atoms with Crippen LogP contribution in [0.1, 0.15) is 41.0 Å². The van der Waals surface area contributed by atoms with Crippen LogP contribution in [0.5, 0.6) is 0 Å². The zero-order valence-corrected chi connectivity index (χ0v) is 9.94. The third-order valence-corrected chi connectivity index (χ3v) is 3.19. The van der Waals surface area contributed by atoms with Gasteiger partial charge in [0.25, 0.3) is 10.1 Å². The van der Waals surface area contributed by atoms with E-state index < -0.39 is 10.1 Å². The van der Waals surface area contributed by atoms with Crippen LogP contribution in [-0.4, -0.2) is 20.3 Å². The predicted molar refractivity (Wildman–Crippen MR) is 54.1 cm³/mol. The fourth-order valence-electron chi connectivity index (χ4n) is 1.07. The highest BCUT2D eigenvalue weighted by molar-refractivity contribution is 7.86. The van der Waals surface area contributed by atoms with Crippen LogP contribution < -0.4 is 0 Å². The van der Waals surface area contributed by atoms with Gasteiger partial charge >= 0.3 is 0 Å². The van der Waals surface area contributed by atoms with Crippen molar-refractivity contribution in [1.29, 1.82) is 0 Å². The van der Waals surface area contributed by atoms with Gasteiger partial charge in [-0.1, -0.05) is 27.7 Å². The fraction of sp³-hybridized carbons (Fsp3) is 1.00. The Balaban J connectivity index is 4.49. The summed E-state index contributed by atoms with van der Waals surface area (Å²) in [5.41, 5.74) is -0.128. The molecule has 80 valence electrons. The second-order valence-electron chi connectivity index (χ2n) is 4.21. The summed E-state index contributed by atoms with van der Waals surface area (Å²) in [6.45, 7) is 9.46. The highest BCUT2D eigenvalue weighted by atomic mass is 32.2. The first-order chi connectivity index (χ1) is 5.73. The van der Waals surface area contributed by atoms with E-state index >= 15 is 0 Å². The average Bonchev–Trinajstić information content (AvgIpc) is 1.98. The van der Waals surface area contributed by atoms with E-state index in [1.165, 1.54) is 0 Å². The van der Waals surface area contributed by atoms with Crippen molar-refractivity contribution in [1.82, 2.24) is 0 Å². The molecule has 0 amide bonds. The van der Waals surface area contributed by atoms with Crippen LogP contribution in [0.25, 0.3) is 0 Å². The zero-order chi connectivity index (χ0) is 10.7. The maximum absolute atomic E-state index is 11.2. The van der Waals surface area contributed by atoms with E-state index in [1.807, 2.05) is 27.7 Å². The van der Waals surface area contributed by atoms with Crippen LogP contribution in [0, 0.1) is 5.41 Å². The van der Waals surface area contributed by atoms with E-state index in [4.69, 9.17) is 4.18 Å². The Morgan fingerprint density at radius 1 is 1.23 bits per heavy atom. The maximum atomic E-state index is 11.2. The topological polar surface area (TPSA) is 43.4 Å². The summed E-state index contributed by atoms with van der Waals surface area (Å²) in [6.07, 6.45) is 0.486. The summed E-state index contributed by atoms with van der Waals surface area (Å²) < 4.78 is 27.5. The number of hydrogen-bond acceptors (Lipinski definition) is 3. The lowest BCUT2D eigenvalue weighted by molar-refractivity contribution is 0.0899. The number of hydrogen-bond donors (Lipinski definition) is 0. The quantitative estimate of drug-likeness (QED) is 0.665. The van der Waals surface area contributed by atoms with Gasteiger partial charge in [0.1, 0.15) is 0 Å². The van der Waals surface area contributed by atoms with Crippen LogP contribution in [0.3, 0.4) is 0 Å². The van der Waals surface area contributed by atoms with E-state index in [0.717, 1.165) is 0 Å². The van der Waals surface area contributed by atoms with Gasteiger partial charge in [-0.25, -0.2) is 0 Å². The molecule has 0 aromatic carbocycles. The summed E-state index contributed by atoms with van der Waals surface area (Å²) in [4.78, 5) is 0. The van der Waals surface area contributed by atoms with Gasteiger partial charge in [-0.3, -0.25) is 4.18 Å². The van der Waals surface area contributed by atoms with Crippen molar-refractivity contribution in [2.24, 2.45) is 5.41 Å². The van der Waals surface area contributed by atoms with Gasteiger partial charge < -0.3 is 0 Å². The van der Waals surface area contributed by atoms with Crippen molar-refractivity contribution in [3.8, 4) is 0 Å². The third kappa shape index (κ3) is 4.62. The summed E-state index contributed by atoms with van der Waals surface area (Å²) in [5.74, 6) is 0.0413. The maximum Gasteiger partial charge on any atom is 0.267 e. The SMILES string of the molecule is CCC(OS(=O)(=O)CC)C(C)(C)C. The third-order valence-electron chi connectivity index (χ3n) is 1.95. The molecule has 1 unspecified atom stereocenters. The lowest BCUT2D eigenvalue weighted by atomic mass is 9.88. The lowest BCUT2D eigenvalue weighted by Crippen LogP contribution is -2.31. The molecule has 0 saturated carbocycles. The van der Waals surface area contributed by atoms with Gasteiger partial charge in [0.2, 0.25) is 0 Å². The van der Waals surface area contributed by atoms with Crippen molar-refractivity contribution in [3.05, 3.63) is 0 Å². The smallest absolute Gasteiger partial charge is 0.266 e. The monoisotopic (exact) mass is 208 g/mol. The number of rotatable bonds is 4. The van der Waals surface area contributed by atoms with E-state index in [-0.39, 0.29) is 17.3 Å². The molecule has 0 heterocycles. The fourth-order valence-corrected chi connectivity index (χ4v) is 1.98. The molecule has 0 rings (SSSR count). The molecule has 0 N–H and O–H groups in total. The summed E-state index contributed by atoms with van der Waals surface area (Å²) in [5, 5.41) is 0. The van der Waals surface area contributed by atoms with Crippen molar-refractivity contribution < 1.29 is 12.6 Å². The molecule has 0 bridgehead atoms. The highest BCUT2D eigenvalue weighted by Crippen LogP contribution is 2.26. The van der Waals surface area contributed by atoms with Crippen LogP contribution >= 0.6 is 0 Å². The Morgan fingerprint density at radius 3 is 1.92 bits per heavy atom. The van der Waals surface area contributed by atoms with Crippen LogP contribution in [0.2, 0.25) is 0 Å². The Labute approximate surface area is 81.6 Å². The zero-order valence-electron chi connectivity index (χ0n) is 9.12. The van der Waals surface area contributed by atoms with Gasteiger partial charge in [-0.2, -0.15) is 8.42 Å². The standard InChI is InChI=1S/C9H20O3S/c1-6-8(9(3,4)5)12-13(10,11)7-2/h8H,6-7H2,1-5H3. The molecule has 1 atom stereocenters. The first-order valence-corrected chi connectivity index (χ1v) is 6.21. The van der Waals surface area contributed by atoms with Crippen LogP contribution in [0.4, 0.5) is 0 Å². The molecule has 0 radical (unpaired) electrons.